The maximum Gasteiger partial charge on any atom is 0.288 e. The molecule has 0 aliphatic carbocycles. The van der Waals surface area contributed by atoms with Gasteiger partial charge in [-0.05, 0) is 36.6 Å². The number of para-hydroxylation sites is 1. The third-order valence-electron chi connectivity index (χ3n) is 3.75. The second-order valence-corrected chi connectivity index (χ2v) is 5.73. The molecule has 0 spiro atoms. The lowest BCUT2D eigenvalue weighted by Gasteiger charge is -2.07. The molecule has 1 amide bonds. The highest BCUT2D eigenvalue weighted by Gasteiger charge is 2.19. The van der Waals surface area contributed by atoms with Gasteiger partial charge in [0.2, 0.25) is 0 Å². The first kappa shape index (κ1) is 15.1. The van der Waals surface area contributed by atoms with E-state index in [2.05, 4.69) is 29.4 Å². The Morgan fingerprint density at radius 2 is 2.00 bits per heavy atom. The van der Waals surface area contributed by atoms with Crippen LogP contribution in [-0.4, -0.2) is 16.6 Å². The molecule has 0 aliphatic rings. The molecule has 118 valence electrons. The van der Waals surface area contributed by atoms with Crippen molar-refractivity contribution in [3.05, 3.63) is 59.7 Å². The first-order valence-electron chi connectivity index (χ1n) is 7.57. The predicted molar refractivity (Wildman–Crippen MR) is 90.8 cm³/mol. The summed E-state index contributed by atoms with van der Waals surface area (Å²) in [7, 11) is 0. The van der Waals surface area contributed by atoms with E-state index in [0.717, 1.165) is 16.5 Å². The lowest BCUT2D eigenvalue weighted by molar-refractivity contribution is 0.0949. The number of H-pyrrole nitrogens is 1. The maximum atomic E-state index is 12.5. The molecule has 3 rings (SSSR count). The van der Waals surface area contributed by atoms with Gasteiger partial charge in [-0.1, -0.05) is 32.0 Å². The first-order valence-corrected chi connectivity index (χ1v) is 7.57. The van der Waals surface area contributed by atoms with E-state index in [1.54, 1.807) is 25.3 Å². The normalized spacial score (nSPS) is 12.1. The zero-order valence-corrected chi connectivity index (χ0v) is 13.4. The number of aromatic amines is 1. The van der Waals surface area contributed by atoms with Crippen molar-refractivity contribution in [1.82, 2.24) is 10.4 Å². The average Bonchev–Trinajstić information content (AvgIpc) is 3.19. The topological polar surface area (TPSA) is 70.4 Å². The van der Waals surface area contributed by atoms with Gasteiger partial charge in [-0.3, -0.25) is 4.79 Å². The number of fused-ring (bicyclic) bond motifs is 1. The second-order valence-electron chi connectivity index (χ2n) is 5.73. The Balaban J connectivity index is 1.92. The molecule has 3 aromatic rings. The van der Waals surface area contributed by atoms with E-state index >= 15 is 0 Å². The summed E-state index contributed by atoms with van der Waals surface area (Å²) in [5.74, 6) is 0.601. The van der Waals surface area contributed by atoms with Crippen LogP contribution < -0.4 is 5.43 Å². The first-order chi connectivity index (χ1) is 11.1. The fraction of sp³-hybridized carbons (Fsp3) is 0.222. The van der Waals surface area contributed by atoms with Gasteiger partial charge in [0.25, 0.3) is 5.91 Å². The number of carbonyl (C=O) groups excluding carboxylic acids is 1. The number of rotatable bonds is 4. The molecule has 0 saturated carbocycles. The summed E-state index contributed by atoms with van der Waals surface area (Å²) in [5.41, 5.74) is 5.73. The van der Waals surface area contributed by atoms with Crippen LogP contribution in [0.2, 0.25) is 0 Å². The van der Waals surface area contributed by atoms with Crippen molar-refractivity contribution in [2.75, 3.05) is 0 Å². The smallest absolute Gasteiger partial charge is 0.288 e. The molecule has 2 heterocycles. The molecule has 23 heavy (non-hydrogen) atoms. The molecule has 2 N–H and O–H groups in total. The molecule has 0 radical (unpaired) electrons. The van der Waals surface area contributed by atoms with Crippen LogP contribution in [0.25, 0.3) is 10.9 Å². The molecule has 1 aromatic carbocycles. The Labute approximate surface area is 134 Å². The Morgan fingerprint density at radius 1 is 1.22 bits per heavy atom. The third kappa shape index (κ3) is 2.90. The summed E-state index contributed by atoms with van der Waals surface area (Å²) in [5, 5.41) is 5.19. The molecule has 2 aromatic heterocycles. The lowest BCUT2D eigenvalue weighted by atomic mass is 9.99. The minimum Gasteiger partial charge on any atom is -0.463 e. The van der Waals surface area contributed by atoms with Gasteiger partial charge in [0.15, 0.2) is 0 Å². The van der Waals surface area contributed by atoms with E-state index in [9.17, 15) is 4.79 Å². The minimum absolute atomic E-state index is 0.224. The molecular formula is C18H19N3O2. The quantitative estimate of drug-likeness (QED) is 0.564. The number of aromatic nitrogens is 1. The molecular weight excluding hydrogens is 290 g/mol. The number of hydrogen-bond donors (Lipinski definition) is 2. The standard InChI is InChI=1S/C18H19N3O2/c1-11(2)16-13-7-4-5-8-14(13)19-17(16)18(22)21-20-12(3)15-9-6-10-23-15/h4-11,19H,1-3H3,(H,21,22)/b20-12+. The molecule has 0 atom stereocenters. The number of amides is 1. The van der Waals surface area contributed by atoms with Gasteiger partial charge in [-0.2, -0.15) is 5.10 Å². The van der Waals surface area contributed by atoms with Crippen molar-refractivity contribution < 1.29 is 9.21 Å². The number of hydrogen-bond acceptors (Lipinski definition) is 3. The number of benzene rings is 1. The molecule has 5 nitrogen and oxygen atoms in total. The highest BCUT2D eigenvalue weighted by atomic mass is 16.3. The molecule has 0 unspecified atom stereocenters. The minimum atomic E-state index is -0.254. The summed E-state index contributed by atoms with van der Waals surface area (Å²) in [6, 6.07) is 11.5. The van der Waals surface area contributed by atoms with E-state index < -0.39 is 0 Å². The fourth-order valence-corrected chi connectivity index (χ4v) is 2.67. The van der Waals surface area contributed by atoms with Gasteiger partial charge in [0.1, 0.15) is 17.2 Å². The van der Waals surface area contributed by atoms with Crippen LogP contribution in [0.15, 0.2) is 52.2 Å². The number of nitrogens with one attached hydrogen (secondary N) is 2. The van der Waals surface area contributed by atoms with Gasteiger partial charge in [-0.15, -0.1) is 0 Å². The van der Waals surface area contributed by atoms with E-state index in [1.165, 1.54) is 0 Å². The Hall–Kier alpha value is -2.82. The summed E-state index contributed by atoms with van der Waals surface area (Å²) < 4.78 is 5.25. The summed E-state index contributed by atoms with van der Waals surface area (Å²) in [6.45, 7) is 5.93. The Morgan fingerprint density at radius 3 is 2.70 bits per heavy atom. The van der Waals surface area contributed by atoms with Gasteiger partial charge in [0, 0.05) is 10.9 Å². The molecule has 0 fully saturated rings. The zero-order chi connectivity index (χ0) is 16.4. The van der Waals surface area contributed by atoms with Crippen LogP contribution in [0.4, 0.5) is 0 Å². The van der Waals surface area contributed by atoms with Crippen LogP contribution in [0, 0.1) is 0 Å². The van der Waals surface area contributed by atoms with E-state index in [4.69, 9.17) is 4.42 Å². The van der Waals surface area contributed by atoms with Crippen molar-refractivity contribution in [3.63, 3.8) is 0 Å². The highest BCUT2D eigenvalue weighted by molar-refractivity contribution is 6.02. The van der Waals surface area contributed by atoms with Crippen LogP contribution in [0.1, 0.15) is 48.5 Å². The van der Waals surface area contributed by atoms with Crippen molar-refractivity contribution >= 4 is 22.5 Å². The summed E-state index contributed by atoms with van der Waals surface area (Å²) in [6.07, 6.45) is 1.57. The number of carbonyl (C=O) groups is 1. The van der Waals surface area contributed by atoms with Gasteiger partial charge in [0.05, 0.1) is 6.26 Å². The van der Waals surface area contributed by atoms with E-state index in [0.29, 0.717) is 17.2 Å². The molecule has 0 saturated heterocycles. The summed E-state index contributed by atoms with van der Waals surface area (Å²) in [4.78, 5) is 15.7. The SMILES string of the molecule is C/C(=N\NC(=O)c1[nH]c2ccccc2c1C(C)C)c1ccco1. The Kier molecular flexibility index (Phi) is 4.02. The van der Waals surface area contributed by atoms with E-state index in [1.807, 2.05) is 24.3 Å². The van der Waals surface area contributed by atoms with Gasteiger partial charge < -0.3 is 9.40 Å². The maximum absolute atomic E-state index is 12.5. The van der Waals surface area contributed by atoms with Crippen molar-refractivity contribution in [3.8, 4) is 0 Å². The number of furan rings is 1. The van der Waals surface area contributed by atoms with Crippen molar-refractivity contribution in [1.29, 1.82) is 0 Å². The van der Waals surface area contributed by atoms with Gasteiger partial charge >= 0.3 is 0 Å². The third-order valence-corrected chi connectivity index (χ3v) is 3.75. The number of hydrazone groups is 1. The molecule has 5 heteroatoms. The predicted octanol–water partition coefficient (Wildman–Crippen LogP) is 4.04. The summed E-state index contributed by atoms with van der Waals surface area (Å²) >= 11 is 0. The highest BCUT2D eigenvalue weighted by Crippen LogP contribution is 2.29. The monoisotopic (exact) mass is 309 g/mol. The molecule has 0 aliphatic heterocycles. The Bertz CT molecular complexity index is 858. The largest absolute Gasteiger partial charge is 0.463 e. The second kappa shape index (κ2) is 6.12. The number of nitrogens with zero attached hydrogens (tertiary/aromatic N) is 1. The van der Waals surface area contributed by atoms with E-state index in [-0.39, 0.29) is 11.8 Å². The van der Waals surface area contributed by atoms with Crippen molar-refractivity contribution in [2.24, 2.45) is 5.10 Å². The van der Waals surface area contributed by atoms with Crippen LogP contribution in [-0.2, 0) is 0 Å². The van der Waals surface area contributed by atoms with Crippen LogP contribution >= 0.6 is 0 Å². The van der Waals surface area contributed by atoms with Crippen LogP contribution in [0.5, 0.6) is 0 Å². The van der Waals surface area contributed by atoms with Crippen molar-refractivity contribution in [2.45, 2.75) is 26.7 Å². The lowest BCUT2D eigenvalue weighted by Crippen LogP contribution is -2.21. The van der Waals surface area contributed by atoms with Gasteiger partial charge in [-0.25, -0.2) is 5.43 Å². The average molecular weight is 309 g/mol. The van der Waals surface area contributed by atoms with Crippen LogP contribution in [0.3, 0.4) is 0 Å². The fourth-order valence-electron chi connectivity index (χ4n) is 2.67. The zero-order valence-electron chi connectivity index (χ0n) is 13.4. The molecule has 0 bridgehead atoms.